The van der Waals surface area contributed by atoms with Gasteiger partial charge in [-0.15, -0.1) is 0 Å². The molecule has 0 spiro atoms. The lowest BCUT2D eigenvalue weighted by Crippen LogP contribution is -2.27. The van der Waals surface area contributed by atoms with E-state index in [0.29, 0.717) is 22.0 Å². The minimum atomic E-state index is -0.511. The zero-order chi connectivity index (χ0) is 21.7. The number of benzene rings is 2. The quantitative estimate of drug-likeness (QED) is 0.491. The third kappa shape index (κ3) is 5.01. The van der Waals surface area contributed by atoms with Crippen LogP contribution >= 0.6 is 11.8 Å². The highest BCUT2D eigenvalue weighted by Crippen LogP contribution is 2.35. The summed E-state index contributed by atoms with van der Waals surface area (Å²) in [5.41, 5.74) is 2.66. The van der Waals surface area contributed by atoms with Crippen LogP contribution in [0.4, 0.5) is 4.79 Å². The lowest BCUT2D eigenvalue weighted by atomic mass is 10.1. The molecule has 1 saturated heterocycles. The van der Waals surface area contributed by atoms with Crippen LogP contribution in [0, 0.1) is 6.92 Å². The maximum Gasteiger partial charge on any atom is 0.343 e. The van der Waals surface area contributed by atoms with Gasteiger partial charge in [0.1, 0.15) is 0 Å². The van der Waals surface area contributed by atoms with Gasteiger partial charge in [0.05, 0.1) is 25.7 Å². The highest BCUT2D eigenvalue weighted by atomic mass is 32.2. The number of esters is 1. The van der Waals surface area contributed by atoms with Gasteiger partial charge in [0.25, 0.3) is 11.1 Å². The summed E-state index contributed by atoms with van der Waals surface area (Å²) in [6, 6.07) is 12.7. The number of imide groups is 1. The molecule has 1 heterocycles. The van der Waals surface area contributed by atoms with E-state index in [4.69, 9.17) is 9.47 Å². The predicted octanol–water partition coefficient (Wildman–Crippen LogP) is 3.79. The van der Waals surface area contributed by atoms with Gasteiger partial charge in [-0.2, -0.15) is 0 Å². The minimum Gasteiger partial charge on any atom is -0.493 e. The molecule has 0 N–H and O–H groups in total. The summed E-state index contributed by atoms with van der Waals surface area (Å²) in [6.07, 6.45) is 1.63. The molecule has 2 aromatic carbocycles. The molecule has 2 amide bonds. The summed E-state index contributed by atoms with van der Waals surface area (Å²) in [5.74, 6) is -0.0852. The number of hydrogen-bond acceptors (Lipinski definition) is 7. The van der Waals surface area contributed by atoms with Crippen molar-refractivity contribution in [2.24, 2.45) is 0 Å². The van der Waals surface area contributed by atoms with Crippen molar-refractivity contribution in [3.8, 4) is 11.5 Å². The monoisotopic (exact) mass is 427 g/mol. The van der Waals surface area contributed by atoms with Gasteiger partial charge in [-0.25, -0.2) is 4.79 Å². The largest absolute Gasteiger partial charge is 0.493 e. The summed E-state index contributed by atoms with van der Waals surface area (Å²) in [4.78, 5) is 37.9. The van der Waals surface area contributed by atoms with Crippen LogP contribution in [-0.4, -0.2) is 42.8 Å². The van der Waals surface area contributed by atoms with E-state index in [9.17, 15) is 14.4 Å². The normalized spacial score (nSPS) is 14.9. The van der Waals surface area contributed by atoms with Crippen molar-refractivity contribution in [3.05, 3.63) is 64.1 Å². The highest BCUT2D eigenvalue weighted by Gasteiger charge is 2.35. The fourth-order valence-electron chi connectivity index (χ4n) is 2.75. The molecular formula is C22H21NO6S. The summed E-state index contributed by atoms with van der Waals surface area (Å²) in [6.45, 7) is 1.96. The van der Waals surface area contributed by atoms with E-state index in [1.807, 2.05) is 31.2 Å². The molecule has 2 aromatic rings. The van der Waals surface area contributed by atoms with Gasteiger partial charge in [-0.3, -0.25) is 14.5 Å². The summed E-state index contributed by atoms with van der Waals surface area (Å²) in [7, 11) is 2.75. The van der Waals surface area contributed by atoms with E-state index in [1.165, 1.54) is 19.1 Å². The van der Waals surface area contributed by atoms with Gasteiger partial charge in [-0.1, -0.05) is 35.9 Å². The van der Waals surface area contributed by atoms with Gasteiger partial charge >= 0.3 is 5.97 Å². The summed E-state index contributed by atoms with van der Waals surface area (Å²) < 4.78 is 15.2. The molecule has 1 aliphatic heterocycles. The molecule has 3 rings (SSSR count). The van der Waals surface area contributed by atoms with Crippen molar-refractivity contribution in [1.82, 2.24) is 4.90 Å². The number of ether oxygens (including phenoxy) is 3. The molecule has 8 heteroatoms. The number of carbonyl (C=O) groups is 3. The Morgan fingerprint density at radius 2 is 1.80 bits per heavy atom. The molecule has 1 aliphatic rings. The summed E-state index contributed by atoms with van der Waals surface area (Å²) in [5, 5.41) is -0.308. The second-order valence-electron chi connectivity index (χ2n) is 6.53. The van der Waals surface area contributed by atoms with E-state index in [2.05, 4.69) is 4.74 Å². The molecule has 156 valence electrons. The first-order valence-electron chi connectivity index (χ1n) is 9.10. The Balaban J connectivity index is 1.76. The van der Waals surface area contributed by atoms with Gasteiger partial charge in [0.2, 0.25) is 0 Å². The van der Waals surface area contributed by atoms with Crippen molar-refractivity contribution in [2.45, 2.75) is 13.5 Å². The third-order valence-corrected chi connectivity index (χ3v) is 5.30. The van der Waals surface area contributed by atoms with Gasteiger partial charge in [-0.05, 0) is 48.0 Å². The maximum absolute atomic E-state index is 12.7. The number of nitrogens with zero attached hydrogens (tertiary/aromatic N) is 1. The van der Waals surface area contributed by atoms with Crippen LogP contribution in [0.1, 0.15) is 16.7 Å². The van der Waals surface area contributed by atoms with Crippen LogP contribution < -0.4 is 9.47 Å². The molecule has 0 saturated carbocycles. The van der Waals surface area contributed by atoms with Crippen molar-refractivity contribution in [1.29, 1.82) is 0 Å². The van der Waals surface area contributed by atoms with E-state index in [1.54, 1.807) is 24.3 Å². The Bertz CT molecular complexity index is 999. The Morgan fingerprint density at radius 3 is 2.47 bits per heavy atom. The average Bonchev–Trinajstić information content (AvgIpc) is 3.01. The van der Waals surface area contributed by atoms with E-state index >= 15 is 0 Å². The number of thioether (sulfide) groups is 1. The summed E-state index contributed by atoms with van der Waals surface area (Å²) >= 11 is 0.899. The van der Waals surface area contributed by atoms with E-state index in [-0.39, 0.29) is 24.3 Å². The number of rotatable bonds is 7. The predicted molar refractivity (Wildman–Crippen MR) is 113 cm³/mol. The Kier molecular flexibility index (Phi) is 6.79. The Labute approximate surface area is 178 Å². The van der Waals surface area contributed by atoms with Gasteiger partial charge in [0, 0.05) is 0 Å². The number of amides is 2. The van der Waals surface area contributed by atoms with E-state index < -0.39 is 5.97 Å². The van der Waals surface area contributed by atoms with Gasteiger partial charge < -0.3 is 14.2 Å². The molecule has 0 bridgehead atoms. The number of hydrogen-bond donors (Lipinski definition) is 0. The molecule has 0 unspecified atom stereocenters. The number of methoxy groups -OCH3 is 2. The molecular weight excluding hydrogens is 406 g/mol. The second kappa shape index (κ2) is 9.49. The van der Waals surface area contributed by atoms with Crippen molar-refractivity contribution in [3.63, 3.8) is 0 Å². The molecule has 0 radical (unpaired) electrons. The Hall–Kier alpha value is -3.26. The van der Waals surface area contributed by atoms with Crippen molar-refractivity contribution < 1.29 is 28.6 Å². The second-order valence-corrected chi connectivity index (χ2v) is 7.52. The smallest absolute Gasteiger partial charge is 0.343 e. The lowest BCUT2D eigenvalue weighted by molar-refractivity contribution is -0.142. The van der Waals surface area contributed by atoms with Gasteiger partial charge in [0.15, 0.2) is 18.1 Å². The van der Waals surface area contributed by atoms with Crippen LogP contribution in [0.3, 0.4) is 0 Å². The van der Waals surface area contributed by atoms with Crippen LogP contribution in [0.5, 0.6) is 11.5 Å². The lowest BCUT2D eigenvalue weighted by Gasteiger charge is -2.12. The fourth-order valence-corrected chi connectivity index (χ4v) is 3.59. The molecule has 0 atom stereocenters. The number of aryl methyl sites for hydroxylation is 1. The van der Waals surface area contributed by atoms with Crippen molar-refractivity contribution in [2.75, 3.05) is 20.8 Å². The zero-order valence-electron chi connectivity index (χ0n) is 16.8. The standard InChI is InChI=1S/C22H21NO6S/c1-14-4-6-15(7-5-14)12-23-21(25)19(30-22(23)26)11-16-8-9-17(18(10-16)27-2)29-13-20(24)28-3/h4-11H,12-13H2,1-3H3/b19-11-. The Morgan fingerprint density at radius 1 is 1.07 bits per heavy atom. The number of carbonyl (C=O) groups excluding carboxylic acids is 3. The van der Waals surface area contributed by atoms with Crippen LogP contribution in [0.2, 0.25) is 0 Å². The topological polar surface area (TPSA) is 82.1 Å². The van der Waals surface area contributed by atoms with Crippen LogP contribution in [0.15, 0.2) is 47.4 Å². The third-order valence-electron chi connectivity index (χ3n) is 4.39. The van der Waals surface area contributed by atoms with E-state index in [0.717, 1.165) is 22.9 Å². The minimum absolute atomic E-state index is 0.228. The SMILES string of the molecule is COC(=O)COc1ccc(/C=C2\SC(=O)N(Cc3ccc(C)cc3)C2=O)cc1OC. The first-order valence-corrected chi connectivity index (χ1v) is 9.91. The molecule has 0 aromatic heterocycles. The maximum atomic E-state index is 12.7. The molecule has 30 heavy (non-hydrogen) atoms. The highest BCUT2D eigenvalue weighted by molar-refractivity contribution is 8.18. The van der Waals surface area contributed by atoms with Crippen LogP contribution in [-0.2, 0) is 20.9 Å². The first-order chi connectivity index (χ1) is 14.4. The fraction of sp³-hybridized carbons (Fsp3) is 0.227. The average molecular weight is 427 g/mol. The van der Waals surface area contributed by atoms with Crippen LogP contribution in [0.25, 0.3) is 6.08 Å². The molecule has 1 fully saturated rings. The zero-order valence-corrected chi connectivity index (χ0v) is 17.7. The first kappa shape index (κ1) is 21.4. The van der Waals surface area contributed by atoms with Crippen molar-refractivity contribution >= 4 is 35.0 Å². The molecule has 7 nitrogen and oxygen atoms in total. The molecule has 0 aliphatic carbocycles.